The molecule has 0 unspecified atom stereocenters. The van der Waals surface area contributed by atoms with Crippen LogP contribution in [0.2, 0.25) is 0 Å². The summed E-state index contributed by atoms with van der Waals surface area (Å²) in [6.45, 7) is 1.08. The van der Waals surface area contributed by atoms with Gasteiger partial charge in [0, 0.05) is 24.7 Å². The molecule has 2 aromatic rings. The number of nitrogens with one attached hydrogen (secondary N) is 2. The Balaban J connectivity index is 1.39. The molecule has 0 spiro atoms. The number of carbonyl (C=O) groups excluding carboxylic acids is 3. The third kappa shape index (κ3) is 4.50. The van der Waals surface area contributed by atoms with Crippen molar-refractivity contribution >= 4 is 17.7 Å². The van der Waals surface area contributed by atoms with Gasteiger partial charge in [-0.05, 0) is 31.0 Å². The first-order chi connectivity index (χ1) is 12.6. The molecular formula is C19H21N3O4. The fourth-order valence-corrected chi connectivity index (χ4v) is 2.93. The number of rotatable bonds is 5. The number of piperidine rings is 1. The number of amides is 3. The van der Waals surface area contributed by atoms with E-state index in [1.165, 1.54) is 12.5 Å². The summed E-state index contributed by atoms with van der Waals surface area (Å²) in [5.74, 6) is -0.561. The van der Waals surface area contributed by atoms with E-state index in [1.54, 1.807) is 35.2 Å². The zero-order chi connectivity index (χ0) is 18.4. The van der Waals surface area contributed by atoms with Gasteiger partial charge in [0.1, 0.15) is 6.26 Å². The van der Waals surface area contributed by atoms with Crippen molar-refractivity contribution < 1.29 is 18.8 Å². The van der Waals surface area contributed by atoms with E-state index in [4.69, 9.17) is 4.42 Å². The number of benzene rings is 1. The van der Waals surface area contributed by atoms with E-state index in [1.807, 2.05) is 6.07 Å². The topological polar surface area (TPSA) is 91.7 Å². The van der Waals surface area contributed by atoms with Crippen LogP contribution in [0.3, 0.4) is 0 Å². The van der Waals surface area contributed by atoms with Gasteiger partial charge in [-0.3, -0.25) is 14.4 Å². The minimum Gasteiger partial charge on any atom is -0.472 e. The molecule has 0 radical (unpaired) electrons. The first-order valence-corrected chi connectivity index (χ1v) is 8.57. The van der Waals surface area contributed by atoms with Crippen molar-refractivity contribution in [2.75, 3.05) is 19.6 Å². The molecule has 1 aliphatic rings. The summed E-state index contributed by atoms with van der Waals surface area (Å²) >= 11 is 0. The van der Waals surface area contributed by atoms with Crippen LogP contribution in [-0.4, -0.2) is 48.3 Å². The van der Waals surface area contributed by atoms with Crippen molar-refractivity contribution in [2.45, 2.75) is 18.9 Å². The zero-order valence-corrected chi connectivity index (χ0v) is 14.3. The van der Waals surface area contributed by atoms with Gasteiger partial charge in [0.15, 0.2) is 0 Å². The van der Waals surface area contributed by atoms with Gasteiger partial charge in [0.2, 0.25) is 5.91 Å². The first kappa shape index (κ1) is 17.7. The van der Waals surface area contributed by atoms with Crippen LogP contribution in [0, 0.1) is 0 Å². The Hall–Kier alpha value is -3.09. The lowest BCUT2D eigenvalue weighted by molar-refractivity contribution is -0.121. The van der Waals surface area contributed by atoms with Crippen molar-refractivity contribution in [3.8, 4) is 0 Å². The number of nitrogens with zero attached hydrogens (tertiary/aromatic N) is 1. The largest absolute Gasteiger partial charge is 0.472 e. The highest BCUT2D eigenvalue weighted by atomic mass is 16.3. The van der Waals surface area contributed by atoms with Crippen molar-refractivity contribution in [1.29, 1.82) is 0 Å². The summed E-state index contributed by atoms with van der Waals surface area (Å²) < 4.78 is 4.94. The monoisotopic (exact) mass is 355 g/mol. The van der Waals surface area contributed by atoms with E-state index in [2.05, 4.69) is 10.6 Å². The molecule has 0 aliphatic carbocycles. The second-order valence-corrected chi connectivity index (χ2v) is 6.19. The van der Waals surface area contributed by atoms with Crippen LogP contribution < -0.4 is 10.6 Å². The molecule has 2 N–H and O–H groups in total. The van der Waals surface area contributed by atoms with Crippen molar-refractivity contribution in [3.05, 3.63) is 60.1 Å². The Morgan fingerprint density at radius 1 is 1.04 bits per heavy atom. The molecule has 1 aromatic carbocycles. The normalized spacial score (nSPS) is 14.7. The molecule has 0 saturated carbocycles. The Morgan fingerprint density at radius 3 is 2.42 bits per heavy atom. The molecule has 1 saturated heterocycles. The lowest BCUT2D eigenvalue weighted by atomic mass is 10.0. The van der Waals surface area contributed by atoms with E-state index in [0.717, 1.165) is 0 Å². The molecule has 3 rings (SSSR count). The SMILES string of the molecule is O=C(CNC(=O)c1ccccc1)NC1CCN(C(=O)c2ccoc2)CC1. The van der Waals surface area contributed by atoms with Crippen LogP contribution in [0.15, 0.2) is 53.3 Å². The fraction of sp³-hybridized carbons (Fsp3) is 0.316. The minimum absolute atomic E-state index is 0.00419. The maximum atomic E-state index is 12.2. The van der Waals surface area contributed by atoms with Gasteiger partial charge in [-0.1, -0.05) is 18.2 Å². The second kappa shape index (κ2) is 8.33. The summed E-state index contributed by atoms with van der Waals surface area (Å²) in [4.78, 5) is 37.9. The van der Waals surface area contributed by atoms with Crippen molar-refractivity contribution in [3.63, 3.8) is 0 Å². The Bertz CT molecular complexity index is 750. The third-order valence-electron chi connectivity index (χ3n) is 4.36. The van der Waals surface area contributed by atoms with E-state index in [-0.39, 0.29) is 30.3 Å². The lowest BCUT2D eigenvalue weighted by Gasteiger charge is -2.32. The van der Waals surface area contributed by atoms with Crippen LogP contribution in [0.1, 0.15) is 33.6 Å². The quantitative estimate of drug-likeness (QED) is 0.849. The van der Waals surface area contributed by atoms with E-state index in [0.29, 0.717) is 37.1 Å². The number of hydrogen-bond donors (Lipinski definition) is 2. The average molecular weight is 355 g/mol. The van der Waals surface area contributed by atoms with Gasteiger partial charge in [-0.15, -0.1) is 0 Å². The van der Waals surface area contributed by atoms with Crippen LogP contribution in [0.4, 0.5) is 0 Å². The van der Waals surface area contributed by atoms with Gasteiger partial charge in [-0.25, -0.2) is 0 Å². The van der Waals surface area contributed by atoms with E-state index >= 15 is 0 Å². The molecule has 136 valence electrons. The van der Waals surface area contributed by atoms with Gasteiger partial charge < -0.3 is 20.0 Å². The summed E-state index contributed by atoms with van der Waals surface area (Å²) in [6, 6.07) is 10.4. The molecule has 0 atom stereocenters. The first-order valence-electron chi connectivity index (χ1n) is 8.57. The summed E-state index contributed by atoms with van der Waals surface area (Å²) in [5, 5.41) is 5.52. The van der Waals surface area contributed by atoms with Crippen molar-refractivity contribution in [1.82, 2.24) is 15.5 Å². The summed E-state index contributed by atoms with van der Waals surface area (Å²) in [5.41, 5.74) is 1.06. The molecule has 1 fully saturated rings. The maximum absolute atomic E-state index is 12.2. The van der Waals surface area contributed by atoms with Crippen LogP contribution in [0.25, 0.3) is 0 Å². The summed E-state index contributed by atoms with van der Waals surface area (Å²) in [6.07, 6.45) is 4.28. The van der Waals surface area contributed by atoms with Gasteiger partial charge in [-0.2, -0.15) is 0 Å². The van der Waals surface area contributed by atoms with Crippen LogP contribution in [-0.2, 0) is 4.79 Å². The molecule has 7 nitrogen and oxygen atoms in total. The van der Waals surface area contributed by atoms with Crippen molar-refractivity contribution in [2.24, 2.45) is 0 Å². The van der Waals surface area contributed by atoms with Gasteiger partial charge >= 0.3 is 0 Å². The standard InChI is InChI=1S/C19H21N3O4/c23-17(12-20-18(24)14-4-2-1-3-5-14)21-16-6-9-22(10-7-16)19(25)15-8-11-26-13-15/h1-5,8,11,13,16H,6-7,9-10,12H2,(H,20,24)(H,21,23). The van der Waals surface area contributed by atoms with Crippen LogP contribution >= 0.6 is 0 Å². The van der Waals surface area contributed by atoms with E-state index < -0.39 is 0 Å². The Morgan fingerprint density at radius 2 is 1.77 bits per heavy atom. The number of hydrogen-bond acceptors (Lipinski definition) is 4. The summed E-state index contributed by atoms with van der Waals surface area (Å²) in [7, 11) is 0. The Labute approximate surface area is 151 Å². The van der Waals surface area contributed by atoms with Gasteiger partial charge in [0.05, 0.1) is 18.4 Å². The number of furan rings is 1. The molecule has 3 amide bonds. The lowest BCUT2D eigenvalue weighted by Crippen LogP contribution is -2.48. The second-order valence-electron chi connectivity index (χ2n) is 6.19. The van der Waals surface area contributed by atoms with Gasteiger partial charge in [0.25, 0.3) is 11.8 Å². The highest BCUT2D eigenvalue weighted by molar-refractivity contribution is 5.96. The molecular weight excluding hydrogens is 334 g/mol. The maximum Gasteiger partial charge on any atom is 0.257 e. The number of carbonyl (C=O) groups is 3. The molecule has 2 heterocycles. The molecule has 0 bridgehead atoms. The highest BCUT2D eigenvalue weighted by Gasteiger charge is 2.25. The third-order valence-corrected chi connectivity index (χ3v) is 4.36. The molecule has 1 aliphatic heterocycles. The predicted octanol–water partition coefficient (Wildman–Crippen LogP) is 1.43. The Kier molecular flexibility index (Phi) is 5.68. The van der Waals surface area contributed by atoms with E-state index in [9.17, 15) is 14.4 Å². The fourth-order valence-electron chi connectivity index (χ4n) is 2.93. The highest BCUT2D eigenvalue weighted by Crippen LogP contribution is 2.14. The van der Waals surface area contributed by atoms with Crippen LogP contribution in [0.5, 0.6) is 0 Å². The number of likely N-dealkylation sites (tertiary alicyclic amines) is 1. The minimum atomic E-state index is -0.277. The molecule has 26 heavy (non-hydrogen) atoms. The zero-order valence-electron chi connectivity index (χ0n) is 14.3. The molecule has 7 heteroatoms. The molecule has 1 aromatic heterocycles. The predicted molar refractivity (Wildman–Crippen MR) is 94.6 cm³/mol. The average Bonchev–Trinajstić information content (AvgIpc) is 3.21. The smallest absolute Gasteiger partial charge is 0.257 e.